The summed E-state index contributed by atoms with van der Waals surface area (Å²) in [6.07, 6.45) is 0.340. The van der Waals surface area contributed by atoms with Crippen molar-refractivity contribution in [1.29, 1.82) is 0 Å². The number of ether oxygens (including phenoxy) is 1. The lowest BCUT2D eigenvalue weighted by Crippen LogP contribution is -2.29. The van der Waals surface area contributed by atoms with Gasteiger partial charge in [0.25, 0.3) is 0 Å². The van der Waals surface area contributed by atoms with E-state index >= 15 is 0 Å². The van der Waals surface area contributed by atoms with E-state index in [-0.39, 0.29) is 11.9 Å². The minimum Gasteiger partial charge on any atom is -0.365 e. The third kappa shape index (κ3) is 2.76. The highest BCUT2D eigenvalue weighted by atomic mass is 35.5. The molecule has 1 aliphatic rings. The van der Waals surface area contributed by atoms with Crippen LogP contribution in [-0.4, -0.2) is 18.5 Å². The maximum atomic E-state index is 12.2. The smallest absolute Gasteiger partial charge is 0.191 e. The molecule has 0 unspecified atom stereocenters. The number of hydrogen-bond acceptors (Lipinski definition) is 2. The van der Waals surface area contributed by atoms with Crippen molar-refractivity contribution in [3.8, 4) is 0 Å². The van der Waals surface area contributed by atoms with Crippen molar-refractivity contribution in [2.75, 3.05) is 6.61 Å². The van der Waals surface area contributed by atoms with Gasteiger partial charge < -0.3 is 4.74 Å². The molecule has 3 heteroatoms. The largest absolute Gasteiger partial charge is 0.365 e. The molecular weight excluding hydrogens is 236 g/mol. The van der Waals surface area contributed by atoms with Crippen LogP contribution in [0.2, 0.25) is 5.02 Å². The topological polar surface area (TPSA) is 26.3 Å². The molecule has 0 aromatic heterocycles. The highest BCUT2D eigenvalue weighted by Crippen LogP contribution is 2.23. The summed E-state index contributed by atoms with van der Waals surface area (Å²) < 4.78 is 5.57. The number of halogens is 1. The quantitative estimate of drug-likeness (QED) is 0.592. The first kappa shape index (κ1) is 12.3. The molecule has 0 saturated heterocycles. The Morgan fingerprint density at radius 2 is 1.88 bits per heavy atom. The molecule has 1 aromatic carbocycles. The summed E-state index contributed by atoms with van der Waals surface area (Å²) >= 11 is 5.79. The van der Waals surface area contributed by atoms with Crippen molar-refractivity contribution in [3.05, 3.63) is 46.0 Å². The molecule has 0 aliphatic carbocycles. The van der Waals surface area contributed by atoms with E-state index in [4.69, 9.17) is 16.3 Å². The predicted octanol–water partition coefficient (Wildman–Crippen LogP) is 3.65. The van der Waals surface area contributed by atoms with Crippen LogP contribution in [0, 0.1) is 0 Å². The maximum Gasteiger partial charge on any atom is 0.191 e. The Labute approximate surface area is 106 Å². The molecule has 0 N–H and O–H groups in total. The second kappa shape index (κ2) is 5.03. The third-order valence-corrected chi connectivity index (χ3v) is 3.39. The Balaban J connectivity index is 2.14. The van der Waals surface area contributed by atoms with E-state index in [0.29, 0.717) is 23.6 Å². The minimum atomic E-state index is -0.347. The third-order valence-electron chi connectivity index (χ3n) is 3.14. The van der Waals surface area contributed by atoms with Crippen LogP contribution in [0.1, 0.15) is 30.6 Å². The van der Waals surface area contributed by atoms with Crippen molar-refractivity contribution < 1.29 is 9.53 Å². The van der Waals surface area contributed by atoms with E-state index in [2.05, 4.69) is 6.92 Å². The monoisotopic (exact) mass is 250 g/mol. The molecule has 2 rings (SSSR count). The van der Waals surface area contributed by atoms with Crippen LogP contribution in [0.25, 0.3) is 0 Å². The van der Waals surface area contributed by atoms with Gasteiger partial charge in [0.05, 0.1) is 6.61 Å². The van der Waals surface area contributed by atoms with Crippen LogP contribution in [-0.2, 0) is 4.74 Å². The zero-order chi connectivity index (χ0) is 12.4. The van der Waals surface area contributed by atoms with Crippen LogP contribution >= 0.6 is 11.6 Å². The zero-order valence-electron chi connectivity index (χ0n) is 10.00. The van der Waals surface area contributed by atoms with E-state index in [1.807, 2.05) is 6.92 Å². The first-order valence-electron chi connectivity index (χ1n) is 5.64. The van der Waals surface area contributed by atoms with E-state index in [1.54, 1.807) is 24.3 Å². The van der Waals surface area contributed by atoms with Crippen molar-refractivity contribution in [2.45, 2.75) is 26.4 Å². The molecule has 0 saturated carbocycles. The number of Topliss-reactive ketones (excluding diaryl/α,β-unsaturated/α-hetero) is 1. The summed E-state index contributed by atoms with van der Waals surface area (Å²) in [5.41, 5.74) is 3.14. The van der Waals surface area contributed by atoms with Gasteiger partial charge in [0.1, 0.15) is 6.10 Å². The maximum absolute atomic E-state index is 12.2. The van der Waals surface area contributed by atoms with Gasteiger partial charge in [0, 0.05) is 17.0 Å². The van der Waals surface area contributed by atoms with Crippen LogP contribution in [0.4, 0.5) is 0 Å². The fourth-order valence-corrected chi connectivity index (χ4v) is 1.95. The van der Waals surface area contributed by atoms with E-state index in [1.165, 1.54) is 11.1 Å². The van der Waals surface area contributed by atoms with Gasteiger partial charge in [-0.3, -0.25) is 4.79 Å². The standard InChI is InChI=1S/C14H15ClO2/c1-9-7-13(17-8-10(9)2)14(16)11-3-5-12(15)6-4-11/h3-6,13H,7-8H2,1-2H3/t13-/m1/s1. The molecule has 0 amide bonds. The van der Waals surface area contributed by atoms with Crippen LogP contribution in [0.5, 0.6) is 0 Å². The van der Waals surface area contributed by atoms with Crippen molar-refractivity contribution in [3.63, 3.8) is 0 Å². The summed E-state index contributed by atoms with van der Waals surface area (Å²) in [5, 5.41) is 0.637. The molecule has 17 heavy (non-hydrogen) atoms. The van der Waals surface area contributed by atoms with Crippen molar-refractivity contribution in [2.24, 2.45) is 0 Å². The highest BCUT2D eigenvalue weighted by molar-refractivity contribution is 6.30. The number of ketones is 1. The number of carbonyl (C=O) groups is 1. The predicted molar refractivity (Wildman–Crippen MR) is 68.5 cm³/mol. The van der Waals surface area contributed by atoms with Gasteiger partial charge in [-0.1, -0.05) is 17.2 Å². The Morgan fingerprint density at radius 3 is 2.47 bits per heavy atom. The summed E-state index contributed by atoms with van der Waals surface area (Å²) in [7, 11) is 0. The number of rotatable bonds is 2. The van der Waals surface area contributed by atoms with Gasteiger partial charge in [-0.15, -0.1) is 0 Å². The molecule has 1 aromatic rings. The SMILES string of the molecule is CC1=C(C)C[C@H](C(=O)c2ccc(Cl)cc2)OC1. The fourth-order valence-electron chi connectivity index (χ4n) is 1.83. The summed E-state index contributed by atoms with van der Waals surface area (Å²) in [6, 6.07) is 6.94. The summed E-state index contributed by atoms with van der Waals surface area (Å²) in [6.45, 7) is 4.65. The summed E-state index contributed by atoms with van der Waals surface area (Å²) in [5.74, 6) is 0.0357. The van der Waals surface area contributed by atoms with Gasteiger partial charge in [-0.05, 0) is 43.7 Å². The number of benzene rings is 1. The molecule has 2 nitrogen and oxygen atoms in total. The molecule has 90 valence electrons. The van der Waals surface area contributed by atoms with Gasteiger partial charge in [0.2, 0.25) is 0 Å². The lowest BCUT2D eigenvalue weighted by Gasteiger charge is -2.24. The molecule has 0 radical (unpaired) electrons. The number of hydrogen-bond donors (Lipinski definition) is 0. The minimum absolute atomic E-state index is 0.0357. The Bertz CT molecular complexity index is 460. The Hall–Kier alpha value is -1.12. The average molecular weight is 251 g/mol. The first-order chi connectivity index (χ1) is 8.08. The van der Waals surface area contributed by atoms with Gasteiger partial charge in [-0.2, -0.15) is 0 Å². The summed E-state index contributed by atoms with van der Waals surface area (Å²) in [4.78, 5) is 12.2. The van der Waals surface area contributed by atoms with Gasteiger partial charge >= 0.3 is 0 Å². The second-order valence-electron chi connectivity index (χ2n) is 4.44. The van der Waals surface area contributed by atoms with Gasteiger partial charge in [-0.25, -0.2) is 0 Å². The lowest BCUT2D eigenvalue weighted by atomic mass is 9.96. The highest BCUT2D eigenvalue weighted by Gasteiger charge is 2.24. The lowest BCUT2D eigenvalue weighted by molar-refractivity contribution is 0.0434. The van der Waals surface area contributed by atoms with Crippen LogP contribution < -0.4 is 0 Å². The van der Waals surface area contributed by atoms with Gasteiger partial charge in [0.15, 0.2) is 5.78 Å². The normalized spacial score (nSPS) is 20.5. The molecule has 1 aliphatic heterocycles. The molecule has 1 heterocycles. The average Bonchev–Trinajstić information content (AvgIpc) is 2.33. The van der Waals surface area contributed by atoms with E-state index in [9.17, 15) is 4.79 Å². The van der Waals surface area contributed by atoms with Crippen LogP contribution in [0.3, 0.4) is 0 Å². The Morgan fingerprint density at radius 1 is 1.24 bits per heavy atom. The zero-order valence-corrected chi connectivity index (χ0v) is 10.8. The van der Waals surface area contributed by atoms with E-state index in [0.717, 1.165) is 0 Å². The fraction of sp³-hybridized carbons (Fsp3) is 0.357. The van der Waals surface area contributed by atoms with E-state index < -0.39 is 0 Å². The van der Waals surface area contributed by atoms with Crippen molar-refractivity contribution >= 4 is 17.4 Å². The molecular formula is C14H15ClO2. The molecule has 0 spiro atoms. The Kier molecular flexibility index (Phi) is 3.65. The second-order valence-corrected chi connectivity index (χ2v) is 4.87. The number of carbonyl (C=O) groups excluding carboxylic acids is 1. The first-order valence-corrected chi connectivity index (χ1v) is 6.02. The molecule has 0 fully saturated rings. The van der Waals surface area contributed by atoms with Crippen LogP contribution in [0.15, 0.2) is 35.4 Å². The molecule has 1 atom stereocenters. The van der Waals surface area contributed by atoms with Crippen molar-refractivity contribution in [1.82, 2.24) is 0 Å². The molecule has 0 bridgehead atoms.